The minimum atomic E-state index is -0.0236. The molecule has 0 saturated carbocycles. The van der Waals surface area contributed by atoms with Gasteiger partial charge in [0.1, 0.15) is 4.83 Å². The van der Waals surface area contributed by atoms with Gasteiger partial charge in [0, 0.05) is 16.6 Å². The van der Waals surface area contributed by atoms with Gasteiger partial charge in [-0.25, -0.2) is 4.98 Å². The van der Waals surface area contributed by atoms with Gasteiger partial charge in [-0.1, -0.05) is 49.0 Å². The lowest BCUT2D eigenvalue weighted by atomic mass is 9.89. The van der Waals surface area contributed by atoms with Crippen LogP contribution in [0, 0.1) is 19.8 Å². The predicted molar refractivity (Wildman–Crippen MR) is 156 cm³/mol. The molecule has 0 spiro atoms. The number of aryl methyl sites for hydroxylation is 3. The number of nitrogens with zero attached hydrogens (tertiary/aromatic N) is 3. The van der Waals surface area contributed by atoms with Gasteiger partial charge in [-0.05, 0) is 87.8 Å². The van der Waals surface area contributed by atoms with E-state index in [0.717, 1.165) is 52.0 Å². The summed E-state index contributed by atoms with van der Waals surface area (Å²) in [5, 5.41) is 1.33. The molecule has 0 aliphatic heterocycles. The minimum absolute atomic E-state index is 0.00708. The molecule has 0 N–H and O–H groups in total. The predicted octanol–water partition coefficient (Wildman–Crippen LogP) is 6.72. The van der Waals surface area contributed by atoms with E-state index < -0.39 is 0 Å². The van der Waals surface area contributed by atoms with Crippen LogP contribution in [0.3, 0.4) is 0 Å². The second kappa shape index (κ2) is 10.5. The Kier molecular flexibility index (Phi) is 7.28. The van der Waals surface area contributed by atoms with Gasteiger partial charge in [0.15, 0.2) is 5.16 Å². The molecule has 0 unspecified atom stereocenters. The molecule has 2 aromatic carbocycles. The first-order chi connectivity index (χ1) is 17.7. The van der Waals surface area contributed by atoms with Crippen molar-refractivity contribution in [1.82, 2.24) is 9.55 Å². The molecular weight excluding hydrogens is 498 g/mol. The van der Waals surface area contributed by atoms with Crippen molar-refractivity contribution in [2.24, 2.45) is 5.92 Å². The Morgan fingerprint density at radius 1 is 1.19 bits per heavy atom. The number of amides is 1. The van der Waals surface area contributed by atoms with Crippen molar-refractivity contribution in [2.45, 2.75) is 65.1 Å². The molecule has 1 aliphatic rings. The van der Waals surface area contributed by atoms with Gasteiger partial charge in [0.2, 0.25) is 5.91 Å². The second-order valence-electron chi connectivity index (χ2n) is 10.3. The topological polar surface area (TPSA) is 55.2 Å². The van der Waals surface area contributed by atoms with Crippen LogP contribution in [0.4, 0.5) is 5.69 Å². The van der Waals surface area contributed by atoms with Gasteiger partial charge < -0.3 is 4.90 Å². The summed E-state index contributed by atoms with van der Waals surface area (Å²) in [6.45, 7) is 10.4. The number of fused-ring (bicyclic) bond motifs is 3. The highest BCUT2D eigenvalue weighted by atomic mass is 32.2. The van der Waals surface area contributed by atoms with Gasteiger partial charge in [-0.3, -0.25) is 14.2 Å². The smallest absolute Gasteiger partial charge is 0.267 e. The number of carbonyl (C=O) groups is 1. The molecule has 0 fully saturated rings. The normalized spacial score (nSPS) is 15.2. The number of hydrogen-bond acceptors (Lipinski definition) is 5. The van der Waals surface area contributed by atoms with E-state index in [1.165, 1.54) is 22.2 Å². The van der Waals surface area contributed by atoms with Crippen molar-refractivity contribution in [2.75, 3.05) is 10.7 Å². The average Bonchev–Trinajstić information content (AvgIpc) is 3.22. The zero-order valence-corrected chi connectivity index (χ0v) is 23.7. The van der Waals surface area contributed by atoms with E-state index in [4.69, 9.17) is 4.98 Å². The quantitative estimate of drug-likeness (QED) is 0.205. The van der Waals surface area contributed by atoms with Crippen LogP contribution in [0.1, 0.15) is 48.8 Å². The van der Waals surface area contributed by atoms with Crippen molar-refractivity contribution >= 4 is 44.9 Å². The van der Waals surface area contributed by atoms with Crippen molar-refractivity contribution < 1.29 is 4.79 Å². The number of thiophene rings is 1. The number of para-hydroxylation sites is 1. The fraction of sp³-hybridized carbons (Fsp3) is 0.367. The first-order valence-corrected chi connectivity index (χ1v) is 14.7. The van der Waals surface area contributed by atoms with Crippen molar-refractivity contribution in [3.8, 4) is 5.69 Å². The van der Waals surface area contributed by atoms with Crippen LogP contribution >= 0.6 is 23.1 Å². The molecule has 0 bridgehead atoms. The van der Waals surface area contributed by atoms with Crippen LogP contribution < -0.4 is 10.5 Å². The maximum atomic E-state index is 14.2. The van der Waals surface area contributed by atoms with Gasteiger partial charge in [-0.2, -0.15) is 0 Å². The monoisotopic (exact) mass is 531 g/mol. The van der Waals surface area contributed by atoms with E-state index in [-0.39, 0.29) is 23.3 Å². The third kappa shape index (κ3) is 4.99. The standard InChI is InChI=1S/C30H33N3O2S2/c1-18(2)32(22-9-7-6-8-10-22)26(34)17-36-30-31-28-27(23-14-12-20(4)16-25(23)37-28)29(35)33(30)24-15-19(3)11-13-21(24)5/h6-11,13,15,18,20H,12,14,16-17H2,1-5H3/t20-/m0/s1. The molecule has 2 aromatic heterocycles. The minimum Gasteiger partial charge on any atom is -0.309 e. The summed E-state index contributed by atoms with van der Waals surface area (Å²) < 4.78 is 1.75. The Balaban J connectivity index is 1.60. The second-order valence-corrected chi connectivity index (χ2v) is 12.4. The Hall–Kier alpha value is -2.90. The van der Waals surface area contributed by atoms with Crippen LogP contribution in [0.25, 0.3) is 15.9 Å². The van der Waals surface area contributed by atoms with Crippen LogP contribution in [0.15, 0.2) is 58.5 Å². The molecule has 0 radical (unpaired) electrons. The Morgan fingerprint density at radius 3 is 2.68 bits per heavy atom. The van der Waals surface area contributed by atoms with Crippen molar-refractivity contribution in [3.05, 3.63) is 80.5 Å². The summed E-state index contributed by atoms with van der Waals surface area (Å²) in [6.07, 6.45) is 3.02. The number of hydrogen-bond donors (Lipinski definition) is 0. The van der Waals surface area contributed by atoms with E-state index in [1.54, 1.807) is 15.9 Å². The fourth-order valence-corrected chi connectivity index (χ4v) is 7.44. The van der Waals surface area contributed by atoms with Crippen LogP contribution in [0.5, 0.6) is 0 Å². The molecule has 5 nitrogen and oxygen atoms in total. The van der Waals surface area contributed by atoms with Crippen molar-refractivity contribution in [1.29, 1.82) is 0 Å². The van der Waals surface area contributed by atoms with Crippen LogP contribution in [0.2, 0.25) is 0 Å². The van der Waals surface area contributed by atoms with E-state index in [9.17, 15) is 9.59 Å². The number of carbonyl (C=O) groups excluding carboxylic acids is 1. The Labute approximate surface area is 226 Å². The summed E-state index contributed by atoms with van der Waals surface area (Å²) in [4.78, 5) is 36.6. The van der Waals surface area contributed by atoms with Crippen molar-refractivity contribution in [3.63, 3.8) is 0 Å². The molecule has 7 heteroatoms. The van der Waals surface area contributed by atoms with E-state index in [2.05, 4.69) is 13.0 Å². The van der Waals surface area contributed by atoms with Gasteiger partial charge in [0.25, 0.3) is 5.56 Å². The summed E-state index contributed by atoms with van der Waals surface area (Å²) in [7, 11) is 0. The Morgan fingerprint density at radius 2 is 1.95 bits per heavy atom. The molecule has 192 valence electrons. The Bertz CT molecular complexity index is 1520. The third-order valence-corrected chi connectivity index (χ3v) is 9.12. The van der Waals surface area contributed by atoms with Gasteiger partial charge >= 0.3 is 0 Å². The van der Waals surface area contributed by atoms with E-state index in [0.29, 0.717) is 11.1 Å². The molecule has 5 rings (SSSR count). The average molecular weight is 532 g/mol. The molecule has 1 aliphatic carbocycles. The number of anilines is 1. The molecule has 1 atom stereocenters. The lowest BCUT2D eigenvalue weighted by Gasteiger charge is -2.27. The van der Waals surface area contributed by atoms with Gasteiger partial charge in [-0.15, -0.1) is 11.3 Å². The van der Waals surface area contributed by atoms with Gasteiger partial charge in [0.05, 0.1) is 16.8 Å². The third-order valence-electron chi connectivity index (χ3n) is 7.05. The molecule has 0 saturated heterocycles. The SMILES string of the molecule is Cc1ccc(C)c(-n2c(SCC(=O)N(c3ccccc3)C(C)C)nc3sc4c(c3c2=O)CC[C@H](C)C4)c1. The molecule has 37 heavy (non-hydrogen) atoms. The highest BCUT2D eigenvalue weighted by Crippen LogP contribution is 2.37. The van der Waals surface area contributed by atoms with E-state index >= 15 is 0 Å². The van der Waals surface area contributed by atoms with E-state index in [1.807, 2.05) is 75.1 Å². The van der Waals surface area contributed by atoms with Crippen LogP contribution in [-0.4, -0.2) is 27.3 Å². The number of benzene rings is 2. The first-order valence-electron chi connectivity index (χ1n) is 12.9. The number of rotatable bonds is 6. The molecule has 1 amide bonds. The lowest BCUT2D eigenvalue weighted by Crippen LogP contribution is -2.38. The molecular formula is C30H33N3O2S2. The summed E-state index contributed by atoms with van der Waals surface area (Å²) in [6, 6.07) is 15.9. The summed E-state index contributed by atoms with van der Waals surface area (Å²) in [5.41, 5.74) is 4.95. The highest BCUT2D eigenvalue weighted by Gasteiger charge is 2.26. The number of aromatic nitrogens is 2. The highest BCUT2D eigenvalue weighted by molar-refractivity contribution is 7.99. The summed E-state index contributed by atoms with van der Waals surface area (Å²) >= 11 is 3.00. The molecule has 4 aromatic rings. The maximum absolute atomic E-state index is 14.2. The molecule has 2 heterocycles. The largest absolute Gasteiger partial charge is 0.309 e. The maximum Gasteiger partial charge on any atom is 0.267 e. The summed E-state index contributed by atoms with van der Waals surface area (Å²) in [5.74, 6) is 0.804. The zero-order chi connectivity index (χ0) is 26.3. The fourth-order valence-electron chi connectivity index (χ4n) is 5.16. The first kappa shape index (κ1) is 25.7. The zero-order valence-electron chi connectivity index (χ0n) is 22.1. The van der Waals surface area contributed by atoms with Crippen LogP contribution in [-0.2, 0) is 17.6 Å². The number of thioether (sulfide) groups is 1. The lowest BCUT2D eigenvalue weighted by molar-refractivity contribution is -0.116.